The van der Waals surface area contributed by atoms with Gasteiger partial charge in [-0.15, -0.1) is 13.2 Å². The van der Waals surface area contributed by atoms with Gasteiger partial charge in [0.1, 0.15) is 5.69 Å². The molecule has 0 aliphatic heterocycles. The summed E-state index contributed by atoms with van der Waals surface area (Å²) in [7, 11) is 0. The van der Waals surface area contributed by atoms with E-state index in [0.29, 0.717) is 0 Å². The third kappa shape index (κ3) is 3.55. The fourth-order valence-corrected chi connectivity index (χ4v) is 1.28. The Morgan fingerprint density at radius 3 is 2.50 bits per heavy atom. The van der Waals surface area contributed by atoms with E-state index in [1.807, 2.05) is 0 Å². The van der Waals surface area contributed by atoms with E-state index in [2.05, 4.69) is 9.72 Å². The summed E-state index contributed by atoms with van der Waals surface area (Å²) in [4.78, 5) is 3.35. The summed E-state index contributed by atoms with van der Waals surface area (Å²) in [5, 5.41) is 8.43. The van der Waals surface area contributed by atoms with Gasteiger partial charge in [0.05, 0.1) is 18.2 Å². The van der Waals surface area contributed by atoms with E-state index in [-0.39, 0.29) is 5.56 Å². The summed E-state index contributed by atoms with van der Waals surface area (Å²) in [6, 6.07) is 2.34. The van der Waals surface area contributed by atoms with Crippen LogP contribution >= 0.6 is 0 Å². The molecule has 0 aromatic carbocycles. The molecule has 1 aromatic heterocycles. The molecule has 0 aliphatic carbocycles. The first-order valence-electron chi connectivity index (χ1n) is 4.66. The van der Waals surface area contributed by atoms with Crippen LogP contribution in [0.25, 0.3) is 0 Å². The SMILES string of the molecule is Cc1cc(OC(F)(F)F)c(CC#N)nc1C(F)F. The van der Waals surface area contributed by atoms with Gasteiger partial charge in [0.25, 0.3) is 6.43 Å². The minimum absolute atomic E-state index is 0.133. The van der Waals surface area contributed by atoms with Crippen LogP contribution in [0.1, 0.15) is 23.4 Å². The van der Waals surface area contributed by atoms with E-state index in [9.17, 15) is 22.0 Å². The first-order valence-corrected chi connectivity index (χ1v) is 4.66. The summed E-state index contributed by atoms with van der Waals surface area (Å²) in [5.74, 6) is -0.731. The lowest BCUT2D eigenvalue weighted by atomic mass is 10.1. The number of pyridine rings is 1. The number of nitrogens with zero attached hydrogens (tertiary/aromatic N) is 2. The Morgan fingerprint density at radius 2 is 2.06 bits per heavy atom. The maximum Gasteiger partial charge on any atom is 0.573 e. The average molecular weight is 266 g/mol. The first-order chi connectivity index (χ1) is 8.24. The highest BCUT2D eigenvalue weighted by molar-refractivity contribution is 5.37. The van der Waals surface area contributed by atoms with E-state index in [4.69, 9.17) is 5.26 Å². The number of ether oxygens (including phenoxy) is 1. The van der Waals surface area contributed by atoms with E-state index in [0.717, 1.165) is 6.07 Å². The van der Waals surface area contributed by atoms with Crippen LogP contribution < -0.4 is 4.74 Å². The summed E-state index contributed by atoms with van der Waals surface area (Å²) < 4.78 is 64.9. The molecule has 1 aromatic rings. The Hall–Kier alpha value is -1.91. The summed E-state index contributed by atoms with van der Waals surface area (Å²) in [5.41, 5.74) is -1.25. The number of hydrogen-bond donors (Lipinski definition) is 0. The van der Waals surface area contributed by atoms with Crippen molar-refractivity contribution in [1.82, 2.24) is 4.98 Å². The second-order valence-corrected chi connectivity index (χ2v) is 3.32. The molecule has 0 bridgehead atoms. The van der Waals surface area contributed by atoms with Gasteiger partial charge in [0.2, 0.25) is 0 Å². The smallest absolute Gasteiger partial charge is 0.404 e. The van der Waals surface area contributed by atoms with Crippen molar-refractivity contribution in [1.29, 1.82) is 5.26 Å². The molecule has 98 valence electrons. The zero-order valence-electron chi connectivity index (χ0n) is 9.05. The van der Waals surface area contributed by atoms with Crippen molar-refractivity contribution < 1.29 is 26.7 Å². The van der Waals surface area contributed by atoms with Gasteiger partial charge >= 0.3 is 6.36 Å². The van der Waals surface area contributed by atoms with Crippen LogP contribution in [-0.4, -0.2) is 11.3 Å². The zero-order chi connectivity index (χ0) is 13.9. The Bertz CT molecular complexity index is 478. The van der Waals surface area contributed by atoms with E-state index < -0.39 is 36.3 Å². The zero-order valence-corrected chi connectivity index (χ0v) is 9.05. The number of aryl methyl sites for hydroxylation is 1. The van der Waals surface area contributed by atoms with Gasteiger partial charge in [-0.2, -0.15) is 5.26 Å². The lowest BCUT2D eigenvalue weighted by Crippen LogP contribution is -2.19. The maximum atomic E-state index is 12.5. The van der Waals surface area contributed by atoms with Crippen molar-refractivity contribution in [3.05, 3.63) is 23.0 Å². The number of alkyl halides is 5. The molecule has 1 heterocycles. The highest BCUT2D eigenvalue weighted by Gasteiger charge is 2.33. The molecule has 18 heavy (non-hydrogen) atoms. The lowest BCUT2D eigenvalue weighted by Gasteiger charge is -2.14. The van der Waals surface area contributed by atoms with Gasteiger partial charge < -0.3 is 4.74 Å². The first kappa shape index (κ1) is 14.2. The molecule has 0 saturated heterocycles. The Kier molecular flexibility index (Phi) is 4.06. The van der Waals surface area contributed by atoms with Crippen LogP contribution in [0.2, 0.25) is 0 Å². The topological polar surface area (TPSA) is 45.9 Å². The molecule has 0 aliphatic rings. The Morgan fingerprint density at radius 1 is 1.44 bits per heavy atom. The third-order valence-electron chi connectivity index (χ3n) is 1.97. The maximum absolute atomic E-state index is 12.5. The molecule has 0 saturated carbocycles. The largest absolute Gasteiger partial charge is 0.573 e. The van der Waals surface area contributed by atoms with Crippen molar-refractivity contribution in [2.75, 3.05) is 0 Å². The van der Waals surface area contributed by atoms with E-state index in [1.54, 1.807) is 6.07 Å². The van der Waals surface area contributed by atoms with Gasteiger partial charge in [-0.3, -0.25) is 0 Å². The highest BCUT2D eigenvalue weighted by Crippen LogP contribution is 2.30. The van der Waals surface area contributed by atoms with Crippen molar-refractivity contribution in [3.63, 3.8) is 0 Å². The fourth-order valence-electron chi connectivity index (χ4n) is 1.28. The van der Waals surface area contributed by atoms with E-state index in [1.165, 1.54) is 6.92 Å². The van der Waals surface area contributed by atoms with Crippen LogP contribution in [0.4, 0.5) is 22.0 Å². The predicted octanol–water partition coefficient (Wildman–Crippen LogP) is 3.29. The Balaban J connectivity index is 3.25. The molecular weight excluding hydrogens is 259 g/mol. The number of halogens is 5. The molecule has 1 rings (SSSR count). The normalized spacial score (nSPS) is 11.4. The molecule has 3 nitrogen and oxygen atoms in total. The van der Waals surface area contributed by atoms with Gasteiger partial charge in [-0.05, 0) is 18.6 Å². The molecule has 0 fully saturated rings. The second kappa shape index (κ2) is 5.16. The van der Waals surface area contributed by atoms with Gasteiger partial charge in [0.15, 0.2) is 5.75 Å². The standard InChI is InChI=1S/C10H7F5N2O/c1-5-4-7(18-10(13,14)15)6(2-3-16)17-8(5)9(11)12/h4,9H,2H2,1H3. The third-order valence-corrected chi connectivity index (χ3v) is 1.97. The quantitative estimate of drug-likeness (QED) is 0.788. The fraction of sp³-hybridized carbons (Fsp3) is 0.400. The summed E-state index contributed by atoms with van der Waals surface area (Å²) in [6.07, 6.45) is -8.45. The van der Waals surface area contributed by atoms with Gasteiger partial charge in [-0.1, -0.05) is 0 Å². The van der Waals surface area contributed by atoms with Crippen LogP contribution in [0.15, 0.2) is 6.07 Å². The summed E-state index contributed by atoms with van der Waals surface area (Å²) >= 11 is 0. The summed E-state index contributed by atoms with van der Waals surface area (Å²) in [6.45, 7) is 1.19. The number of hydrogen-bond acceptors (Lipinski definition) is 3. The van der Waals surface area contributed by atoms with Crippen LogP contribution in [0, 0.1) is 18.3 Å². The molecule has 0 radical (unpaired) electrons. The Labute approximate surface area is 98.8 Å². The lowest BCUT2D eigenvalue weighted by molar-refractivity contribution is -0.275. The van der Waals surface area contributed by atoms with Crippen molar-refractivity contribution in [2.24, 2.45) is 0 Å². The van der Waals surface area contributed by atoms with Crippen molar-refractivity contribution in [3.8, 4) is 11.8 Å². The van der Waals surface area contributed by atoms with Crippen LogP contribution in [0.5, 0.6) is 5.75 Å². The molecular formula is C10H7F5N2O. The number of aromatic nitrogens is 1. The minimum atomic E-state index is -4.97. The molecule has 0 N–H and O–H groups in total. The van der Waals surface area contributed by atoms with Gasteiger partial charge in [-0.25, -0.2) is 13.8 Å². The molecule has 0 atom stereocenters. The van der Waals surface area contributed by atoms with Crippen LogP contribution in [-0.2, 0) is 6.42 Å². The van der Waals surface area contributed by atoms with Crippen molar-refractivity contribution in [2.45, 2.75) is 26.1 Å². The second-order valence-electron chi connectivity index (χ2n) is 3.32. The average Bonchev–Trinajstić information content (AvgIpc) is 2.19. The molecule has 0 amide bonds. The molecule has 0 unspecified atom stereocenters. The van der Waals surface area contributed by atoms with Crippen LogP contribution in [0.3, 0.4) is 0 Å². The minimum Gasteiger partial charge on any atom is -0.404 e. The number of rotatable bonds is 3. The van der Waals surface area contributed by atoms with E-state index >= 15 is 0 Å². The van der Waals surface area contributed by atoms with Crippen molar-refractivity contribution >= 4 is 0 Å². The molecule has 8 heteroatoms. The highest BCUT2D eigenvalue weighted by atomic mass is 19.4. The monoisotopic (exact) mass is 266 g/mol. The number of nitriles is 1. The predicted molar refractivity (Wildman–Crippen MR) is 49.9 cm³/mol. The molecule has 0 spiro atoms. The van der Waals surface area contributed by atoms with Gasteiger partial charge in [0, 0.05) is 0 Å².